The highest BCUT2D eigenvalue weighted by atomic mass is 32.2. The number of benzene rings is 2. The van der Waals surface area contributed by atoms with E-state index in [0.29, 0.717) is 11.1 Å². The number of nitrogen functional groups attached to an aromatic ring is 1. The van der Waals surface area contributed by atoms with Crippen molar-refractivity contribution in [2.45, 2.75) is 16.6 Å². The highest BCUT2D eigenvalue weighted by molar-refractivity contribution is 7.92. The molecule has 0 aliphatic carbocycles. The summed E-state index contributed by atoms with van der Waals surface area (Å²) in [5, 5.41) is 3.73. The molecule has 0 saturated heterocycles. The van der Waals surface area contributed by atoms with Crippen molar-refractivity contribution in [1.82, 2.24) is 15.0 Å². The number of carbonyl (C=O) groups excluding carboxylic acids is 1. The minimum atomic E-state index is -6.12. The van der Waals surface area contributed by atoms with Crippen LogP contribution >= 0.6 is 0 Å². The van der Waals surface area contributed by atoms with Gasteiger partial charge in [-0.15, -0.1) is 0 Å². The predicted octanol–water partition coefficient (Wildman–Crippen LogP) is 6.01. The number of rotatable bonds is 6. The Bertz CT molecular complexity index is 1730. The summed E-state index contributed by atoms with van der Waals surface area (Å²) >= 11 is 0. The molecule has 4 rings (SSSR count). The molecule has 0 spiro atoms. The van der Waals surface area contributed by atoms with Gasteiger partial charge < -0.3 is 21.1 Å². The second kappa shape index (κ2) is 11.1. The number of hydrogen-bond donors (Lipinski definition) is 3. The van der Waals surface area contributed by atoms with Gasteiger partial charge in [-0.05, 0) is 42.0 Å². The van der Waals surface area contributed by atoms with Gasteiger partial charge in [0.2, 0.25) is 0 Å². The smallest absolute Gasteiger partial charge is 0.424 e. The molecule has 0 aliphatic rings. The van der Waals surface area contributed by atoms with E-state index in [2.05, 4.69) is 20.3 Å². The van der Waals surface area contributed by atoms with E-state index in [0.717, 1.165) is 18.6 Å². The Morgan fingerprint density at radius 3 is 2.10 bits per heavy atom. The van der Waals surface area contributed by atoms with Crippen molar-refractivity contribution >= 4 is 33.1 Å². The molecule has 0 atom stereocenters. The third-order valence-corrected chi connectivity index (χ3v) is 6.84. The van der Waals surface area contributed by atoms with Gasteiger partial charge in [0.25, 0.3) is 9.84 Å². The number of halogens is 7. The highest BCUT2D eigenvalue weighted by Crippen LogP contribution is 2.38. The van der Waals surface area contributed by atoms with Crippen LogP contribution in [0, 0.1) is 5.82 Å². The summed E-state index contributed by atoms with van der Waals surface area (Å²) in [6, 6.07) is 5.95. The SMILES string of the molecule is Nc1ncc(F)cc1-c1ccc(Oc2ncc(NC(=O)Nc3cc(C(F)(F)F)ccc3S(=O)(=O)C(F)(F)F)cn2)cc1. The number of anilines is 3. The first kappa shape index (κ1) is 30.0. The van der Waals surface area contributed by atoms with Gasteiger partial charge in [-0.3, -0.25) is 0 Å². The summed E-state index contributed by atoms with van der Waals surface area (Å²) in [5.41, 5.74) is -2.17. The van der Waals surface area contributed by atoms with E-state index in [1.807, 2.05) is 0 Å². The Hall–Kier alpha value is -5.00. The Kier molecular flexibility index (Phi) is 7.93. The average molecular weight is 616 g/mol. The summed E-state index contributed by atoms with van der Waals surface area (Å²) < 4.78 is 121. The first-order valence-electron chi connectivity index (χ1n) is 11.2. The van der Waals surface area contributed by atoms with Crippen molar-refractivity contribution < 1.29 is 48.7 Å². The number of ether oxygens (including phenoxy) is 1. The van der Waals surface area contributed by atoms with Gasteiger partial charge in [0.15, 0.2) is 0 Å². The van der Waals surface area contributed by atoms with Crippen molar-refractivity contribution in [2.75, 3.05) is 16.4 Å². The van der Waals surface area contributed by atoms with E-state index in [1.54, 1.807) is 17.4 Å². The molecule has 10 nitrogen and oxygen atoms in total. The lowest BCUT2D eigenvalue weighted by Gasteiger charge is -2.16. The van der Waals surface area contributed by atoms with Gasteiger partial charge in [-0.1, -0.05) is 12.1 Å². The molecule has 4 N–H and O–H groups in total. The number of sulfone groups is 1. The molecule has 42 heavy (non-hydrogen) atoms. The monoisotopic (exact) mass is 616 g/mol. The van der Waals surface area contributed by atoms with E-state index in [1.165, 1.54) is 18.2 Å². The Labute approximate surface area is 231 Å². The zero-order valence-corrected chi connectivity index (χ0v) is 21.3. The second-order valence-electron chi connectivity index (χ2n) is 8.20. The summed E-state index contributed by atoms with van der Waals surface area (Å²) in [5.74, 6) is -0.244. The molecule has 0 fully saturated rings. The number of aromatic nitrogens is 3. The van der Waals surface area contributed by atoms with E-state index >= 15 is 0 Å². The third kappa shape index (κ3) is 6.65. The standard InChI is InChI=1S/C24H15F7N6O4S/c25-14-8-17(20(32)33-9-14)12-1-4-16(5-2-12)41-22-34-10-15(11-35-22)36-21(38)37-18-7-13(23(26,27)28)3-6-19(18)42(39,40)24(29,30)31/h1-11H,(H2,32,33)(H2,36,37,38). The maximum absolute atomic E-state index is 13.5. The van der Waals surface area contributed by atoms with Crippen molar-refractivity contribution in [1.29, 1.82) is 0 Å². The highest BCUT2D eigenvalue weighted by Gasteiger charge is 2.48. The fourth-order valence-corrected chi connectivity index (χ4v) is 4.27. The molecule has 2 aromatic carbocycles. The zero-order chi connectivity index (χ0) is 30.9. The molecule has 18 heteroatoms. The third-order valence-electron chi connectivity index (χ3n) is 5.29. The number of amides is 2. The number of urea groups is 1. The first-order valence-corrected chi connectivity index (χ1v) is 12.6. The van der Waals surface area contributed by atoms with Gasteiger partial charge in [-0.25, -0.2) is 32.6 Å². The number of nitrogens with two attached hydrogens (primary N) is 1. The van der Waals surface area contributed by atoms with Crippen LogP contribution in [0.5, 0.6) is 11.8 Å². The molecular weight excluding hydrogens is 601 g/mol. The van der Waals surface area contributed by atoms with Crippen LogP contribution in [-0.4, -0.2) is 34.9 Å². The van der Waals surface area contributed by atoms with Crippen LogP contribution in [0.1, 0.15) is 5.56 Å². The number of nitrogens with zero attached hydrogens (tertiary/aromatic N) is 3. The summed E-state index contributed by atoms with van der Waals surface area (Å²) in [6.07, 6.45) is -2.10. The van der Waals surface area contributed by atoms with Gasteiger partial charge in [-0.2, -0.15) is 26.3 Å². The fraction of sp³-hybridized carbons (Fsp3) is 0.0833. The minimum Gasteiger partial charge on any atom is -0.424 e. The van der Waals surface area contributed by atoms with Crippen molar-refractivity contribution in [2.24, 2.45) is 0 Å². The predicted molar refractivity (Wildman–Crippen MR) is 133 cm³/mol. The van der Waals surface area contributed by atoms with Crippen molar-refractivity contribution in [3.8, 4) is 22.9 Å². The van der Waals surface area contributed by atoms with Crippen LogP contribution in [-0.2, 0) is 16.0 Å². The zero-order valence-electron chi connectivity index (χ0n) is 20.5. The number of nitrogens with one attached hydrogen (secondary N) is 2. The molecule has 2 heterocycles. The second-order valence-corrected chi connectivity index (χ2v) is 10.1. The molecule has 4 aromatic rings. The van der Waals surface area contributed by atoms with E-state index in [-0.39, 0.29) is 41.5 Å². The maximum Gasteiger partial charge on any atom is 0.501 e. The van der Waals surface area contributed by atoms with Crippen LogP contribution in [0.3, 0.4) is 0 Å². The van der Waals surface area contributed by atoms with E-state index in [4.69, 9.17) is 10.5 Å². The van der Waals surface area contributed by atoms with E-state index in [9.17, 15) is 43.9 Å². The lowest BCUT2D eigenvalue weighted by Crippen LogP contribution is -2.27. The fourth-order valence-electron chi connectivity index (χ4n) is 3.37. The molecule has 220 valence electrons. The number of hydrogen-bond acceptors (Lipinski definition) is 8. The van der Waals surface area contributed by atoms with Crippen LogP contribution in [0.25, 0.3) is 11.1 Å². The summed E-state index contributed by atoms with van der Waals surface area (Å²) in [4.78, 5) is 22.1. The summed E-state index contributed by atoms with van der Waals surface area (Å²) in [6.45, 7) is 0. The van der Waals surface area contributed by atoms with Crippen LogP contribution in [0.4, 0.5) is 52.7 Å². The molecular formula is C24H15F7N6O4S. The molecule has 0 aliphatic heterocycles. The molecule has 2 aromatic heterocycles. The Balaban J connectivity index is 1.47. The van der Waals surface area contributed by atoms with Gasteiger partial charge >= 0.3 is 23.7 Å². The quantitative estimate of drug-likeness (QED) is 0.223. The lowest BCUT2D eigenvalue weighted by molar-refractivity contribution is -0.137. The summed E-state index contributed by atoms with van der Waals surface area (Å²) in [7, 11) is -6.12. The van der Waals surface area contributed by atoms with Gasteiger partial charge in [0.1, 0.15) is 17.4 Å². The van der Waals surface area contributed by atoms with Crippen molar-refractivity contribution in [3.05, 3.63) is 78.5 Å². The molecule has 0 unspecified atom stereocenters. The normalized spacial score (nSPS) is 12.1. The molecule has 0 saturated carbocycles. The van der Waals surface area contributed by atoms with Crippen LogP contribution < -0.4 is 21.1 Å². The number of alkyl halides is 6. The minimum absolute atomic E-state index is 0.0516. The topological polar surface area (TPSA) is 149 Å². The first-order chi connectivity index (χ1) is 19.5. The number of pyridine rings is 1. The van der Waals surface area contributed by atoms with Crippen molar-refractivity contribution in [3.63, 3.8) is 0 Å². The largest absolute Gasteiger partial charge is 0.501 e. The molecule has 2 amide bonds. The molecule has 0 bridgehead atoms. The van der Waals surface area contributed by atoms with Gasteiger partial charge in [0, 0.05) is 5.56 Å². The van der Waals surface area contributed by atoms with Crippen LogP contribution in [0.15, 0.2) is 72.0 Å². The van der Waals surface area contributed by atoms with Gasteiger partial charge in [0.05, 0.1) is 40.4 Å². The Morgan fingerprint density at radius 2 is 1.50 bits per heavy atom. The van der Waals surface area contributed by atoms with E-state index < -0.39 is 49.5 Å². The maximum atomic E-state index is 13.5. The number of carbonyl (C=O) groups is 1. The Morgan fingerprint density at radius 1 is 0.857 bits per heavy atom. The lowest BCUT2D eigenvalue weighted by atomic mass is 10.1. The van der Waals surface area contributed by atoms with Crippen LogP contribution in [0.2, 0.25) is 0 Å². The molecule has 0 radical (unpaired) electrons. The average Bonchev–Trinajstić information content (AvgIpc) is 2.90.